The van der Waals surface area contributed by atoms with Gasteiger partial charge in [0.1, 0.15) is 5.69 Å². The van der Waals surface area contributed by atoms with Crippen molar-refractivity contribution in [1.29, 1.82) is 0 Å². The van der Waals surface area contributed by atoms with E-state index in [1.54, 1.807) is 13.8 Å². The molecule has 0 aliphatic heterocycles. The number of nitrogens with one attached hydrogen (secondary N) is 1. The van der Waals surface area contributed by atoms with Crippen LogP contribution in [0.5, 0.6) is 0 Å². The van der Waals surface area contributed by atoms with Crippen molar-refractivity contribution >= 4 is 28.9 Å². The lowest BCUT2D eigenvalue weighted by atomic mass is 9.93. The fourth-order valence-electron chi connectivity index (χ4n) is 1.58. The number of anilines is 1. The molecule has 1 amide bonds. The summed E-state index contributed by atoms with van der Waals surface area (Å²) in [4.78, 5) is 22.4. The summed E-state index contributed by atoms with van der Waals surface area (Å²) < 4.78 is 0. The van der Waals surface area contributed by atoms with Gasteiger partial charge in [-0.3, -0.25) is 14.9 Å². The maximum Gasteiger partial charge on any atom is 0.294 e. The second-order valence-corrected chi connectivity index (χ2v) is 4.67. The number of hydrogen-bond acceptors (Lipinski definition) is 4. The quantitative estimate of drug-likeness (QED) is 0.642. The Kier molecular flexibility index (Phi) is 4.85. The first-order chi connectivity index (χ1) is 8.84. The van der Waals surface area contributed by atoms with Crippen LogP contribution in [0.25, 0.3) is 0 Å². The van der Waals surface area contributed by atoms with Gasteiger partial charge in [-0.15, -0.1) is 0 Å². The van der Waals surface area contributed by atoms with Crippen molar-refractivity contribution in [3.05, 3.63) is 33.3 Å². The molecule has 0 fully saturated rings. The molecule has 0 atom stereocenters. The first-order valence-corrected chi connectivity index (χ1v) is 6.26. The molecule has 19 heavy (non-hydrogen) atoms. The Morgan fingerprint density at radius 2 is 2.05 bits per heavy atom. The lowest BCUT2D eigenvalue weighted by molar-refractivity contribution is -0.383. The number of rotatable bonds is 5. The second-order valence-electron chi connectivity index (χ2n) is 4.24. The topological polar surface area (TPSA) is 98.3 Å². The van der Waals surface area contributed by atoms with Crippen LogP contribution in [0.3, 0.4) is 0 Å². The van der Waals surface area contributed by atoms with Crippen LogP contribution in [-0.2, 0) is 4.79 Å². The van der Waals surface area contributed by atoms with Gasteiger partial charge in [-0.2, -0.15) is 0 Å². The van der Waals surface area contributed by atoms with Crippen molar-refractivity contribution in [2.45, 2.75) is 32.2 Å². The number of carbonyl (C=O) groups excluding carboxylic acids is 1. The highest BCUT2D eigenvalue weighted by atomic mass is 35.5. The number of benzene rings is 1. The fraction of sp³-hybridized carbons (Fsp3) is 0.417. The van der Waals surface area contributed by atoms with Crippen molar-refractivity contribution in [3.8, 4) is 0 Å². The number of nitrogens with zero attached hydrogens (tertiary/aromatic N) is 1. The Morgan fingerprint density at radius 3 is 2.53 bits per heavy atom. The SMILES string of the molecule is CCC(N)(CC)C(=O)Nc1ccc(Cl)cc1[N+](=O)[O-]. The molecule has 0 saturated heterocycles. The minimum Gasteiger partial charge on any atom is -0.319 e. The molecule has 0 heterocycles. The third-order valence-corrected chi connectivity index (χ3v) is 3.35. The Balaban J connectivity index is 3.06. The molecule has 104 valence electrons. The number of nitro groups is 1. The van der Waals surface area contributed by atoms with Crippen LogP contribution in [0.2, 0.25) is 5.02 Å². The van der Waals surface area contributed by atoms with Gasteiger partial charge in [-0.25, -0.2) is 0 Å². The summed E-state index contributed by atoms with van der Waals surface area (Å²) >= 11 is 5.70. The summed E-state index contributed by atoms with van der Waals surface area (Å²) in [5.41, 5.74) is 4.74. The van der Waals surface area contributed by atoms with Gasteiger partial charge in [0, 0.05) is 11.1 Å². The van der Waals surface area contributed by atoms with E-state index in [0.717, 1.165) is 0 Å². The predicted octanol–water partition coefficient (Wildman–Crippen LogP) is 2.70. The maximum absolute atomic E-state index is 12.1. The molecule has 1 rings (SSSR count). The van der Waals surface area contributed by atoms with E-state index >= 15 is 0 Å². The standard InChI is InChI=1S/C12H16ClN3O3/c1-3-12(14,4-2)11(17)15-9-6-5-8(13)7-10(9)16(18)19/h5-7H,3-4,14H2,1-2H3,(H,15,17). The van der Waals surface area contributed by atoms with Crippen LogP contribution >= 0.6 is 11.6 Å². The molecular weight excluding hydrogens is 270 g/mol. The normalized spacial score (nSPS) is 11.2. The lowest BCUT2D eigenvalue weighted by Crippen LogP contribution is -2.50. The van der Waals surface area contributed by atoms with Crippen molar-refractivity contribution in [3.63, 3.8) is 0 Å². The molecule has 0 aromatic heterocycles. The molecule has 3 N–H and O–H groups in total. The van der Waals surface area contributed by atoms with E-state index in [1.807, 2.05) is 0 Å². The van der Waals surface area contributed by atoms with E-state index in [2.05, 4.69) is 5.32 Å². The van der Waals surface area contributed by atoms with Crippen LogP contribution in [0, 0.1) is 10.1 Å². The van der Waals surface area contributed by atoms with Crippen LogP contribution in [0.4, 0.5) is 11.4 Å². The largest absolute Gasteiger partial charge is 0.319 e. The third-order valence-electron chi connectivity index (χ3n) is 3.12. The molecule has 0 unspecified atom stereocenters. The molecule has 1 aromatic rings. The Bertz CT molecular complexity index is 501. The number of amides is 1. The van der Waals surface area contributed by atoms with Gasteiger partial charge in [0.25, 0.3) is 5.69 Å². The van der Waals surface area contributed by atoms with Crippen molar-refractivity contribution in [2.75, 3.05) is 5.32 Å². The Morgan fingerprint density at radius 1 is 1.47 bits per heavy atom. The minimum atomic E-state index is -1.03. The van der Waals surface area contributed by atoms with Crippen molar-refractivity contribution in [2.24, 2.45) is 5.73 Å². The number of nitrogens with two attached hydrogens (primary N) is 1. The molecule has 0 aliphatic carbocycles. The molecule has 0 saturated carbocycles. The summed E-state index contributed by atoms with van der Waals surface area (Å²) in [5.74, 6) is -0.442. The summed E-state index contributed by atoms with van der Waals surface area (Å²) in [5, 5.41) is 13.6. The number of halogens is 1. The highest BCUT2D eigenvalue weighted by molar-refractivity contribution is 6.31. The smallest absolute Gasteiger partial charge is 0.294 e. The first-order valence-electron chi connectivity index (χ1n) is 5.88. The highest BCUT2D eigenvalue weighted by Crippen LogP contribution is 2.28. The average molecular weight is 286 g/mol. The van der Waals surface area contributed by atoms with Gasteiger partial charge in [0.05, 0.1) is 10.5 Å². The lowest BCUT2D eigenvalue weighted by Gasteiger charge is -2.25. The monoisotopic (exact) mass is 285 g/mol. The van der Waals surface area contributed by atoms with Crippen molar-refractivity contribution in [1.82, 2.24) is 0 Å². The summed E-state index contributed by atoms with van der Waals surface area (Å²) in [7, 11) is 0. The predicted molar refractivity (Wildman–Crippen MR) is 74.2 cm³/mol. The second kappa shape index (κ2) is 5.99. The van der Waals surface area contributed by atoms with E-state index < -0.39 is 16.4 Å². The Labute approximate surface area is 116 Å². The van der Waals surface area contributed by atoms with E-state index in [-0.39, 0.29) is 16.4 Å². The van der Waals surface area contributed by atoms with E-state index in [0.29, 0.717) is 12.8 Å². The van der Waals surface area contributed by atoms with Crippen LogP contribution in [-0.4, -0.2) is 16.4 Å². The molecule has 1 aromatic carbocycles. The fourth-order valence-corrected chi connectivity index (χ4v) is 1.75. The van der Waals surface area contributed by atoms with Crippen molar-refractivity contribution < 1.29 is 9.72 Å². The van der Waals surface area contributed by atoms with Crippen LogP contribution in [0.15, 0.2) is 18.2 Å². The van der Waals surface area contributed by atoms with Gasteiger partial charge in [0.2, 0.25) is 5.91 Å². The van der Waals surface area contributed by atoms with E-state index in [1.165, 1.54) is 18.2 Å². The van der Waals surface area contributed by atoms with Crippen LogP contribution in [0.1, 0.15) is 26.7 Å². The molecular formula is C12H16ClN3O3. The van der Waals surface area contributed by atoms with Gasteiger partial charge in [-0.05, 0) is 25.0 Å². The van der Waals surface area contributed by atoms with Gasteiger partial charge in [-0.1, -0.05) is 25.4 Å². The van der Waals surface area contributed by atoms with Crippen LogP contribution < -0.4 is 11.1 Å². The average Bonchev–Trinajstić information content (AvgIpc) is 2.39. The molecule has 0 radical (unpaired) electrons. The van der Waals surface area contributed by atoms with Gasteiger partial charge >= 0.3 is 0 Å². The summed E-state index contributed by atoms with van der Waals surface area (Å²) in [6, 6.07) is 4.05. The Hall–Kier alpha value is -1.66. The maximum atomic E-state index is 12.1. The molecule has 7 heteroatoms. The van der Waals surface area contributed by atoms with E-state index in [9.17, 15) is 14.9 Å². The molecule has 6 nitrogen and oxygen atoms in total. The highest BCUT2D eigenvalue weighted by Gasteiger charge is 2.31. The zero-order chi connectivity index (χ0) is 14.6. The van der Waals surface area contributed by atoms with E-state index in [4.69, 9.17) is 17.3 Å². The first kappa shape index (κ1) is 15.4. The molecule has 0 aliphatic rings. The molecule has 0 spiro atoms. The zero-order valence-electron chi connectivity index (χ0n) is 10.8. The minimum absolute atomic E-state index is 0.0936. The zero-order valence-corrected chi connectivity index (χ0v) is 11.5. The summed E-state index contributed by atoms with van der Waals surface area (Å²) in [6.07, 6.45) is 0.882. The number of hydrogen-bond donors (Lipinski definition) is 2. The van der Waals surface area contributed by atoms with Gasteiger partial charge in [0.15, 0.2) is 0 Å². The molecule has 0 bridgehead atoms. The number of carbonyl (C=O) groups is 1. The van der Waals surface area contributed by atoms with Gasteiger partial charge < -0.3 is 11.1 Å². The third kappa shape index (κ3) is 3.42. The number of nitro benzene ring substituents is 1. The summed E-state index contributed by atoms with van der Waals surface area (Å²) in [6.45, 7) is 3.58.